The number of aryl methyl sites for hydroxylation is 2. The second-order valence-electron chi connectivity index (χ2n) is 4.55. The van der Waals surface area contributed by atoms with Crippen molar-refractivity contribution < 1.29 is 14.3 Å². The van der Waals surface area contributed by atoms with Crippen LogP contribution >= 0.6 is 0 Å². The summed E-state index contributed by atoms with van der Waals surface area (Å²) in [6.45, 7) is 4.57. The van der Waals surface area contributed by atoms with E-state index in [0.717, 1.165) is 16.9 Å². The second-order valence-corrected chi connectivity index (χ2v) is 4.55. The molecule has 4 heteroatoms. The molecule has 104 valence electrons. The summed E-state index contributed by atoms with van der Waals surface area (Å²) < 4.78 is 10.7. The van der Waals surface area contributed by atoms with Crippen LogP contribution in [0.15, 0.2) is 42.7 Å². The van der Waals surface area contributed by atoms with Gasteiger partial charge in [0.25, 0.3) is 0 Å². The monoisotopic (exact) mass is 271 g/mol. The van der Waals surface area contributed by atoms with Crippen molar-refractivity contribution in [1.29, 1.82) is 0 Å². The van der Waals surface area contributed by atoms with Gasteiger partial charge in [-0.25, -0.2) is 4.79 Å². The van der Waals surface area contributed by atoms with Gasteiger partial charge in [-0.05, 0) is 49.2 Å². The molecule has 20 heavy (non-hydrogen) atoms. The van der Waals surface area contributed by atoms with Crippen molar-refractivity contribution in [2.45, 2.75) is 13.8 Å². The number of nitrogens with zero attached hydrogens (tertiary/aromatic N) is 1. The summed E-state index contributed by atoms with van der Waals surface area (Å²) >= 11 is 0. The lowest BCUT2D eigenvalue weighted by molar-refractivity contribution is 0.0450. The number of rotatable bonds is 5. The quantitative estimate of drug-likeness (QED) is 0.619. The van der Waals surface area contributed by atoms with Gasteiger partial charge in [0, 0.05) is 12.4 Å². The highest BCUT2D eigenvalue weighted by Gasteiger charge is 2.06. The SMILES string of the molecule is Cc1cc(C)cc(OCCOC(=O)c2cccnc2)c1. The van der Waals surface area contributed by atoms with Gasteiger partial charge in [0.05, 0.1) is 5.56 Å². The van der Waals surface area contributed by atoms with Gasteiger partial charge in [0.15, 0.2) is 0 Å². The third-order valence-corrected chi connectivity index (χ3v) is 2.68. The van der Waals surface area contributed by atoms with Crippen LogP contribution in [0.25, 0.3) is 0 Å². The summed E-state index contributed by atoms with van der Waals surface area (Å²) in [6.07, 6.45) is 3.09. The minimum Gasteiger partial charge on any atom is -0.490 e. The molecular weight excluding hydrogens is 254 g/mol. The third kappa shape index (κ3) is 4.09. The molecule has 0 atom stereocenters. The molecule has 0 spiro atoms. The van der Waals surface area contributed by atoms with Crippen LogP contribution in [0.5, 0.6) is 5.75 Å². The van der Waals surface area contributed by atoms with Crippen molar-refractivity contribution in [3.8, 4) is 5.75 Å². The molecule has 0 radical (unpaired) electrons. The van der Waals surface area contributed by atoms with Crippen molar-refractivity contribution >= 4 is 5.97 Å². The topological polar surface area (TPSA) is 48.4 Å². The van der Waals surface area contributed by atoms with Crippen molar-refractivity contribution in [2.24, 2.45) is 0 Å². The van der Waals surface area contributed by atoms with E-state index in [1.807, 2.05) is 26.0 Å². The van der Waals surface area contributed by atoms with E-state index in [4.69, 9.17) is 9.47 Å². The Morgan fingerprint density at radius 3 is 2.55 bits per heavy atom. The molecule has 0 bridgehead atoms. The van der Waals surface area contributed by atoms with Crippen LogP contribution < -0.4 is 4.74 Å². The van der Waals surface area contributed by atoms with E-state index in [-0.39, 0.29) is 12.6 Å². The highest BCUT2D eigenvalue weighted by Crippen LogP contribution is 2.15. The molecule has 1 aromatic heterocycles. The van der Waals surface area contributed by atoms with Gasteiger partial charge in [-0.2, -0.15) is 0 Å². The van der Waals surface area contributed by atoms with E-state index >= 15 is 0 Å². The molecule has 0 unspecified atom stereocenters. The first-order valence-electron chi connectivity index (χ1n) is 6.43. The molecule has 0 fully saturated rings. The normalized spacial score (nSPS) is 10.1. The minimum atomic E-state index is -0.387. The zero-order valence-electron chi connectivity index (χ0n) is 11.6. The molecule has 0 aliphatic rings. The van der Waals surface area contributed by atoms with Crippen LogP contribution in [-0.4, -0.2) is 24.2 Å². The number of esters is 1. The Bertz CT molecular complexity index is 561. The largest absolute Gasteiger partial charge is 0.490 e. The molecule has 1 heterocycles. The lowest BCUT2D eigenvalue weighted by Gasteiger charge is -2.09. The van der Waals surface area contributed by atoms with Gasteiger partial charge >= 0.3 is 5.97 Å². The molecule has 0 saturated heterocycles. The maximum atomic E-state index is 11.6. The van der Waals surface area contributed by atoms with Gasteiger partial charge in [0.1, 0.15) is 19.0 Å². The lowest BCUT2D eigenvalue weighted by Crippen LogP contribution is -2.12. The van der Waals surface area contributed by atoms with E-state index in [2.05, 4.69) is 11.1 Å². The van der Waals surface area contributed by atoms with Crippen molar-refractivity contribution in [1.82, 2.24) is 4.98 Å². The van der Waals surface area contributed by atoms with Gasteiger partial charge in [-0.3, -0.25) is 4.98 Å². The number of pyridine rings is 1. The van der Waals surface area contributed by atoms with Gasteiger partial charge < -0.3 is 9.47 Å². The van der Waals surface area contributed by atoms with E-state index in [1.54, 1.807) is 18.3 Å². The number of hydrogen-bond acceptors (Lipinski definition) is 4. The average Bonchev–Trinajstić information content (AvgIpc) is 2.43. The third-order valence-electron chi connectivity index (χ3n) is 2.68. The summed E-state index contributed by atoms with van der Waals surface area (Å²) in [5.74, 6) is 0.405. The molecule has 0 saturated carbocycles. The van der Waals surface area contributed by atoms with E-state index in [0.29, 0.717) is 12.2 Å². The first kappa shape index (κ1) is 14.1. The number of carbonyl (C=O) groups is 1. The van der Waals surface area contributed by atoms with Crippen molar-refractivity contribution in [3.63, 3.8) is 0 Å². The first-order chi connectivity index (χ1) is 9.65. The lowest BCUT2D eigenvalue weighted by atomic mass is 10.1. The maximum absolute atomic E-state index is 11.6. The molecule has 2 rings (SSSR count). The van der Waals surface area contributed by atoms with Crippen molar-refractivity contribution in [3.05, 3.63) is 59.4 Å². The molecule has 0 aliphatic heterocycles. The summed E-state index contributed by atoms with van der Waals surface area (Å²) in [4.78, 5) is 15.5. The molecule has 1 aromatic carbocycles. The predicted molar refractivity (Wildman–Crippen MR) is 75.9 cm³/mol. The van der Waals surface area contributed by atoms with Crippen LogP contribution in [0.3, 0.4) is 0 Å². The second kappa shape index (κ2) is 6.70. The van der Waals surface area contributed by atoms with Gasteiger partial charge in [-0.15, -0.1) is 0 Å². The van der Waals surface area contributed by atoms with Gasteiger partial charge in [-0.1, -0.05) is 6.07 Å². The van der Waals surface area contributed by atoms with Crippen LogP contribution in [0.1, 0.15) is 21.5 Å². The fraction of sp³-hybridized carbons (Fsp3) is 0.250. The summed E-state index contributed by atoms with van der Waals surface area (Å²) in [6, 6.07) is 9.35. The average molecular weight is 271 g/mol. The zero-order valence-corrected chi connectivity index (χ0v) is 11.6. The highest BCUT2D eigenvalue weighted by molar-refractivity contribution is 5.88. The van der Waals surface area contributed by atoms with Gasteiger partial charge in [0.2, 0.25) is 0 Å². The van der Waals surface area contributed by atoms with Crippen LogP contribution in [0.2, 0.25) is 0 Å². The Kier molecular flexibility index (Phi) is 4.71. The van der Waals surface area contributed by atoms with Crippen LogP contribution in [0, 0.1) is 13.8 Å². The minimum absolute atomic E-state index is 0.209. The molecular formula is C16H17NO3. The smallest absolute Gasteiger partial charge is 0.339 e. The Balaban J connectivity index is 1.78. The fourth-order valence-electron chi connectivity index (χ4n) is 1.88. The Hall–Kier alpha value is -2.36. The molecule has 4 nitrogen and oxygen atoms in total. The van der Waals surface area contributed by atoms with E-state index in [9.17, 15) is 4.79 Å². The maximum Gasteiger partial charge on any atom is 0.339 e. The first-order valence-corrected chi connectivity index (χ1v) is 6.43. The van der Waals surface area contributed by atoms with E-state index in [1.165, 1.54) is 6.20 Å². The standard InChI is InChI=1S/C16H17NO3/c1-12-8-13(2)10-15(9-12)19-6-7-20-16(18)14-4-3-5-17-11-14/h3-5,8-11H,6-7H2,1-2H3. The van der Waals surface area contributed by atoms with E-state index < -0.39 is 0 Å². The number of carbonyl (C=O) groups excluding carboxylic acids is 1. The number of benzene rings is 1. The predicted octanol–water partition coefficient (Wildman–Crippen LogP) is 2.93. The Labute approximate surface area is 118 Å². The van der Waals surface area contributed by atoms with Crippen molar-refractivity contribution in [2.75, 3.05) is 13.2 Å². The zero-order chi connectivity index (χ0) is 14.4. The molecule has 0 aliphatic carbocycles. The molecule has 2 aromatic rings. The highest BCUT2D eigenvalue weighted by atomic mass is 16.6. The summed E-state index contributed by atoms with van der Waals surface area (Å²) in [5, 5.41) is 0. The Morgan fingerprint density at radius 1 is 1.15 bits per heavy atom. The van der Waals surface area contributed by atoms with Crippen LogP contribution in [-0.2, 0) is 4.74 Å². The number of hydrogen-bond donors (Lipinski definition) is 0. The van der Waals surface area contributed by atoms with Crippen LogP contribution in [0.4, 0.5) is 0 Å². The molecule has 0 N–H and O–H groups in total. The number of ether oxygens (including phenoxy) is 2. The number of aromatic nitrogens is 1. The molecule has 0 amide bonds. The Morgan fingerprint density at radius 2 is 1.90 bits per heavy atom. The fourth-order valence-corrected chi connectivity index (χ4v) is 1.88. The summed E-state index contributed by atoms with van der Waals surface area (Å²) in [7, 11) is 0. The summed E-state index contributed by atoms with van der Waals surface area (Å²) in [5.41, 5.74) is 2.73.